The topological polar surface area (TPSA) is 52.0 Å². The lowest BCUT2D eigenvalue weighted by Gasteiger charge is -2.30. The van der Waals surface area contributed by atoms with E-state index >= 15 is 0 Å². The average Bonchev–Trinajstić information content (AvgIpc) is 1.62. The standard InChI is InChI=1S/C6H14N2/c7-4-6(8)5-2-1-3-5/h5-6H,1-4,7-8H2/t6-/m1/s1. The molecule has 0 aromatic carbocycles. The molecule has 0 heterocycles. The van der Waals surface area contributed by atoms with Gasteiger partial charge in [-0.25, -0.2) is 0 Å². The zero-order valence-electron chi connectivity index (χ0n) is 5.14. The summed E-state index contributed by atoms with van der Waals surface area (Å²) in [5, 5.41) is 0. The highest BCUT2D eigenvalue weighted by Crippen LogP contribution is 2.27. The van der Waals surface area contributed by atoms with Crippen LogP contribution >= 0.6 is 0 Å². The van der Waals surface area contributed by atoms with Gasteiger partial charge in [-0.05, 0) is 18.8 Å². The van der Waals surface area contributed by atoms with Gasteiger partial charge in [-0.2, -0.15) is 0 Å². The first-order valence-electron chi connectivity index (χ1n) is 3.30. The van der Waals surface area contributed by atoms with Crippen molar-refractivity contribution in [3.8, 4) is 0 Å². The minimum Gasteiger partial charge on any atom is -0.329 e. The molecular weight excluding hydrogens is 100 g/mol. The summed E-state index contributed by atoms with van der Waals surface area (Å²) in [6, 6.07) is 0.281. The molecule has 48 valence electrons. The minimum absolute atomic E-state index is 0.281. The third-order valence-corrected chi connectivity index (χ3v) is 2.03. The van der Waals surface area contributed by atoms with Crippen molar-refractivity contribution in [2.75, 3.05) is 6.54 Å². The van der Waals surface area contributed by atoms with Crippen LogP contribution in [-0.4, -0.2) is 12.6 Å². The van der Waals surface area contributed by atoms with E-state index in [1.165, 1.54) is 19.3 Å². The van der Waals surface area contributed by atoms with Crippen LogP contribution in [0, 0.1) is 5.92 Å². The van der Waals surface area contributed by atoms with Crippen molar-refractivity contribution in [2.24, 2.45) is 17.4 Å². The van der Waals surface area contributed by atoms with Crippen molar-refractivity contribution in [3.63, 3.8) is 0 Å². The summed E-state index contributed by atoms with van der Waals surface area (Å²) >= 11 is 0. The van der Waals surface area contributed by atoms with E-state index in [1.807, 2.05) is 0 Å². The van der Waals surface area contributed by atoms with Crippen LogP contribution in [0.4, 0.5) is 0 Å². The summed E-state index contributed by atoms with van der Waals surface area (Å²) in [5.41, 5.74) is 11.0. The highest BCUT2D eigenvalue weighted by atomic mass is 14.7. The summed E-state index contributed by atoms with van der Waals surface area (Å²) in [7, 11) is 0. The maximum atomic E-state index is 5.65. The lowest BCUT2D eigenvalue weighted by Crippen LogP contribution is -2.40. The van der Waals surface area contributed by atoms with Gasteiger partial charge in [0.25, 0.3) is 0 Å². The third kappa shape index (κ3) is 1.01. The lowest BCUT2D eigenvalue weighted by atomic mass is 9.80. The SMILES string of the molecule is NC[C@@H](N)C1CCC1. The molecule has 8 heavy (non-hydrogen) atoms. The molecule has 1 rings (SSSR count). The van der Waals surface area contributed by atoms with Gasteiger partial charge in [-0.3, -0.25) is 0 Å². The molecule has 0 aromatic rings. The molecule has 2 heteroatoms. The molecule has 1 saturated carbocycles. The van der Waals surface area contributed by atoms with Crippen LogP contribution in [0.25, 0.3) is 0 Å². The van der Waals surface area contributed by atoms with E-state index in [0.29, 0.717) is 6.54 Å². The van der Waals surface area contributed by atoms with Crippen molar-refractivity contribution in [2.45, 2.75) is 25.3 Å². The zero-order valence-corrected chi connectivity index (χ0v) is 5.14. The quantitative estimate of drug-likeness (QED) is 0.534. The first kappa shape index (κ1) is 6.05. The van der Waals surface area contributed by atoms with Gasteiger partial charge in [0.05, 0.1) is 0 Å². The predicted molar refractivity (Wildman–Crippen MR) is 34.4 cm³/mol. The van der Waals surface area contributed by atoms with Crippen LogP contribution < -0.4 is 11.5 Å². The monoisotopic (exact) mass is 114 g/mol. The summed E-state index contributed by atoms with van der Waals surface area (Å²) in [4.78, 5) is 0. The molecule has 2 nitrogen and oxygen atoms in total. The smallest absolute Gasteiger partial charge is 0.0191 e. The van der Waals surface area contributed by atoms with Gasteiger partial charge in [0.1, 0.15) is 0 Å². The van der Waals surface area contributed by atoms with Crippen molar-refractivity contribution in [1.82, 2.24) is 0 Å². The van der Waals surface area contributed by atoms with Crippen molar-refractivity contribution >= 4 is 0 Å². The van der Waals surface area contributed by atoms with Crippen molar-refractivity contribution in [3.05, 3.63) is 0 Å². The van der Waals surface area contributed by atoms with Crippen LogP contribution in [0.5, 0.6) is 0 Å². The molecule has 4 N–H and O–H groups in total. The zero-order chi connectivity index (χ0) is 5.98. The lowest BCUT2D eigenvalue weighted by molar-refractivity contribution is 0.265. The Hall–Kier alpha value is -0.0800. The summed E-state index contributed by atoms with van der Waals surface area (Å²) in [5.74, 6) is 0.750. The molecule has 0 aliphatic heterocycles. The Morgan fingerprint density at radius 2 is 2.12 bits per heavy atom. The molecule has 0 amide bonds. The molecule has 0 saturated heterocycles. The van der Waals surface area contributed by atoms with E-state index in [4.69, 9.17) is 11.5 Å². The Balaban J connectivity index is 2.13. The van der Waals surface area contributed by atoms with Gasteiger partial charge in [0.2, 0.25) is 0 Å². The normalized spacial score (nSPS) is 24.8. The van der Waals surface area contributed by atoms with Crippen molar-refractivity contribution < 1.29 is 0 Å². The number of hydrogen-bond donors (Lipinski definition) is 2. The number of hydrogen-bond acceptors (Lipinski definition) is 2. The minimum atomic E-state index is 0.281. The van der Waals surface area contributed by atoms with Gasteiger partial charge in [-0.15, -0.1) is 0 Å². The molecule has 0 spiro atoms. The van der Waals surface area contributed by atoms with Crippen LogP contribution in [0.2, 0.25) is 0 Å². The first-order chi connectivity index (χ1) is 3.84. The Morgan fingerprint density at radius 1 is 1.50 bits per heavy atom. The van der Waals surface area contributed by atoms with Crippen LogP contribution in [-0.2, 0) is 0 Å². The van der Waals surface area contributed by atoms with Gasteiger partial charge >= 0.3 is 0 Å². The molecule has 0 unspecified atom stereocenters. The molecule has 1 aliphatic carbocycles. The van der Waals surface area contributed by atoms with E-state index in [0.717, 1.165) is 5.92 Å². The van der Waals surface area contributed by atoms with Gasteiger partial charge in [0.15, 0.2) is 0 Å². The fraction of sp³-hybridized carbons (Fsp3) is 1.00. The second-order valence-corrected chi connectivity index (χ2v) is 2.59. The maximum absolute atomic E-state index is 5.65. The van der Waals surface area contributed by atoms with E-state index in [2.05, 4.69) is 0 Å². The maximum Gasteiger partial charge on any atom is 0.0191 e. The molecule has 0 radical (unpaired) electrons. The van der Waals surface area contributed by atoms with Crippen molar-refractivity contribution in [1.29, 1.82) is 0 Å². The highest BCUT2D eigenvalue weighted by molar-refractivity contribution is 4.80. The van der Waals surface area contributed by atoms with Gasteiger partial charge in [0, 0.05) is 12.6 Å². The molecule has 1 aliphatic rings. The molecule has 1 fully saturated rings. The van der Waals surface area contributed by atoms with Crippen LogP contribution in [0.1, 0.15) is 19.3 Å². The highest BCUT2D eigenvalue weighted by Gasteiger charge is 2.22. The predicted octanol–water partition coefficient (Wildman–Crippen LogP) is 0.0725. The van der Waals surface area contributed by atoms with Crippen LogP contribution in [0.3, 0.4) is 0 Å². The summed E-state index contributed by atoms with van der Waals surface area (Å²) < 4.78 is 0. The fourth-order valence-electron chi connectivity index (χ4n) is 1.06. The first-order valence-corrected chi connectivity index (χ1v) is 3.30. The molecule has 0 bridgehead atoms. The van der Waals surface area contributed by atoms with E-state index in [9.17, 15) is 0 Å². The van der Waals surface area contributed by atoms with Gasteiger partial charge < -0.3 is 11.5 Å². The third-order valence-electron chi connectivity index (χ3n) is 2.03. The number of nitrogens with two attached hydrogens (primary N) is 2. The van der Waals surface area contributed by atoms with E-state index in [-0.39, 0.29) is 6.04 Å². The fourth-order valence-corrected chi connectivity index (χ4v) is 1.06. The van der Waals surface area contributed by atoms with E-state index < -0.39 is 0 Å². The largest absolute Gasteiger partial charge is 0.329 e. The number of rotatable bonds is 2. The van der Waals surface area contributed by atoms with Crippen LogP contribution in [0.15, 0.2) is 0 Å². The average molecular weight is 114 g/mol. The second kappa shape index (κ2) is 2.46. The summed E-state index contributed by atoms with van der Waals surface area (Å²) in [6.07, 6.45) is 3.97. The van der Waals surface area contributed by atoms with E-state index in [1.54, 1.807) is 0 Å². The molecule has 1 atom stereocenters. The Morgan fingerprint density at radius 3 is 2.25 bits per heavy atom. The van der Waals surface area contributed by atoms with Gasteiger partial charge in [-0.1, -0.05) is 6.42 Å². The molecule has 0 aromatic heterocycles. The Labute approximate surface area is 50.2 Å². The summed E-state index contributed by atoms with van der Waals surface area (Å²) in [6.45, 7) is 0.657. The second-order valence-electron chi connectivity index (χ2n) is 2.59. The Bertz CT molecular complexity index is 66.2. The molecular formula is C6H14N2. The Kier molecular flexibility index (Phi) is 1.86.